The average Bonchev–Trinajstić information content (AvgIpc) is 2.49. The average molecular weight is 192 g/mol. The Bertz CT molecular complexity index is 484. The molecule has 0 spiro atoms. The van der Waals surface area contributed by atoms with Crippen molar-refractivity contribution < 1.29 is 19.1 Å². The summed E-state index contributed by atoms with van der Waals surface area (Å²) in [5.74, 6) is -0.172. The fourth-order valence-electron chi connectivity index (χ4n) is 1.27. The Morgan fingerprint density at radius 1 is 1.50 bits per heavy atom. The Labute approximate surface area is 79.7 Å². The standard InChI is InChI=1S/C10H8O4/c1-6(11)14-9-5-13-8-4-2-3-7(12)10(8)9/h2-5,12H,1H3. The Kier molecular flexibility index (Phi) is 1.89. The van der Waals surface area contributed by atoms with E-state index in [1.165, 1.54) is 19.3 Å². The summed E-state index contributed by atoms with van der Waals surface area (Å²) < 4.78 is 9.95. The Hall–Kier alpha value is -1.97. The van der Waals surface area contributed by atoms with Gasteiger partial charge in [0.2, 0.25) is 0 Å². The molecule has 1 N–H and O–H groups in total. The van der Waals surface area contributed by atoms with Crippen LogP contribution in [0, 0.1) is 0 Å². The number of rotatable bonds is 1. The molecule has 1 aromatic carbocycles. The molecule has 2 aromatic rings. The lowest BCUT2D eigenvalue weighted by Gasteiger charge is -1.98. The maximum Gasteiger partial charge on any atom is 0.308 e. The first kappa shape index (κ1) is 8.62. The van der Waals surface area contributed by atoms with Crippen molar-refractivity contribution in [1.82, 2.24) is 0 Å². The molecule has 0 unspecified atom stereocenters. The molecule has 0 saturated carbocycles. The molecule has 4 heteroatoms. The molecule has 0 saturated heterocycles. The minimum absolute atomic E-state index is 0.0347. The molecular weight excluding hydrogens is 184 g/mol. The fraction of sp³-hybridized carbons (Fsp3) is 0.100. The predicted octanol–water partition coefficient (Wildman–Crippen LogP) is 2.06. The number of carbonyl (C=O) groups excluding carboxylic acids is 1. The molecule has 2 rings (SSSR count). The highest BCUT2D eigenvalue weighted by atomic mass is 16.5. The molecule has 0 radical (unpaired) electrons. The van der Waals surface area contributed by atoms with Gasteiger partial charge in [-0.1, -0.05) is 6.07 Å². The van der Waals surface area contributed by atoms with Crippen LogP contribution in [0.4, 0.5) is 0 Å². The van der Waals surface area contributed by atoms with Gasteiger partial charge in [-0.25, -0.2) is 0 Å². The van der Waals surface area contributed by atoms with Crippen LogP contribution in [-0.2, 0) is 4.79 Å². The van der Waals surface area contributed by atoms with Crippen LogP contribution in [0.15, 0.2) is 28.9 Å². The largest absolute Gasteiger partial charge is 0.507 e. The van der Waals surface area contributed by atoms with Crippen molar-refractivity contribution in [3.8, 4) is 11.5 Å². The van der Waals surface area contributed by atoms with E-state index in [0.29, 0.717) is 11.0 Å². The van der Waals surface area contributed by atoms with Gasteiger partial charge in [-0.05, 0) is 12.1 Å². The number of hydrogen-bond acceptors (Lipinski definition) is 4. The Balaban J connectivity index is 2.61. The molecule has 4 nitrogen and oxygen atoms in total. The van der Waals surface area contributed by atoms with Gasteiger partial charge >= 0.3 is 5.97 Å². The number of ether oxygens (including phenoxy) is 1. The number of fused-ring (bicyclic) bond motifs is 1. The molecule has 0 aliphatic rings. The zero-order valence-electron chi connectivity index (χ0n) is 7.48. The van der Waals surface area contributed by atoms with Gasteiger partial charge in [-0.3, -0.25) is 4.79 Å². The summed E-state index contributed by atoms with van der Waals surface area (Å²) >= 11 is 0. The smallest absolute Gasteiger partial charge is 0.308 e. The van der Waals surface area contributed by atoms with Crippen LogP contribution in [0.2, 0.25) is 0 Å². The van der Waals surface area contributed by atoms with Crippen LogP contribution in [0.25, 0.3) is 11.0 Å². The number of carbonyl (C=O) groups is 1. The highest BCUT2D eigenvalue weighted by Gasteiger charge is 2.12. The van der Waals surface area contributed by atoms with Gasteiger partial charge in [-0.2, -0.15) is 0 Å². The topological polar surface area (TPSA) is 59.7 Å². The minimum atomic E-state index is -0.448. The van der Waals surface area contributed by atoms with E-state index in [-0.39, 0.29) is 11.5 Å². The van der Waals surface area contributed by atoms with Crippen LogP contribution in [0.3, 0.4) is 0 Å². The summed E-state index contributed by atoms with van der Waals surface area (Å²) in [6, 6.07) is 4.84. The fourth-order valence-corrected chi connectivity index (χ4v) is 1.27. The second-order valence-electron chi connectivity index (χ2n) is 2.84. The first-order valence-electron chi connectivity index (χ1n) is 4.06. The lowest BCUT2D eigenvalue weighted by Crippen LogP contribution is -2.00. The third-order valence-electron chi connectivity index (χ3n) is 1.80. The molecule has 0 amide bonds. The summed E-state index contributed by atoms with van der Waals surface area (Å²) in [5.41, 5.74) is 0.487. The van der Waals surface area contributed by atoms with E-state index in [1.807, 2.05) is 0 Å². The molecular formula is C10H8O4. The third-order valence-corrected chi connectivity index (χ3v) is 1.80. The van der Waals surface area contributed by atoms with E-state index in [0.717, 1.165) is 0 Å². The maximum atomic E-state index is 10.7. The van der Waals surface area contributed by atoms with Crippen molar-refractivity contribution in [2.45, 2.75) is 6.92 Å². The second kappa shape index (κ2) is 3.06. The molecule has 0 aliphatic heterocycles. The maximum absolute atomic E-state index is 10.7. The summed E-state index contributed by atoms with van der Waals surface area (Å²) in [6.45, 7) is 1.29. The van der Waals surface area contributed by atoms with E-state index >= 15 is 0 Å². The molecule has 1 heterocycles. The molecule has 0 bridgehead atoms. The lowest BCUT2D eigenvalue weighted by atomic mass is 10.2. The van der Waals surface area contributed by atoms with Crippen molar-refractivity contribution in [3.05, 3.63) is 24.5 Å². The first-order valence-corrected chi connectivity index (χ1v) is 4.06. The number of esters is 1. The monoisotopic (exact) mass is 192 g/mol. The summed E-state index contributed by atoms with van der Waals surface area (Å²) in [5, 5.41) is 9.92. The third kappa shape index (κ3) is 1.31. The minimum Gasteiger partial charge on any atom is -0.507 e. The van der Waals surface area contributed by atoms with Gasteiger partial charge < -0.3 is 14.3 Å². The zero-order valence-corrected chi connectivity index (χ0v) is 7.48. The van der Waals surface area contributed by atoms with Gasteiger partial charge in [-0.15, -0.1) is 0 Å². The van der Waals surface area contributed by atoms with Crippen LogP contribution in [-0.4, -0.2) is 11.1 Å². The Morgan fingerprint density at radius 3 is 3.00 bits per heavy atom. The van der Waals surface area contributed by atoms with Crippen LogP contribution < -0.4 is 4.74 Å². The number of hydrogen-bond donors (Lipinski definition) is 1. The first-order chi connectivity index (χ1) is 6.68. The van der Waals surface area contributed by atoms with Crippen molar-refractivity contribution in [2.75, 3.05) is 0 Å². The van der Waals surface area contributed by atoms with Crippen molar-refractivity contribution in [3.63, 3.8) is 0 Å². The number of benzene rings is 1. The number of furan rings is 1. The molecule has 0 fully saturated rings. The van der Waals surface area contributed by atoms with Crippen molar-refractivity contribution >= 4 is 16.9 Å². The van der Waals surface area contributed by atoms with Gasteiger partial charge in [0.05, 0.1) is 0 Å². The number of aromatic hydroxyl groups is 1. The summed E-state index contributed by atoms with van der Waals surface area (Å²) in [7, 11) is 0. The molecule has 0 atom stereocenters. The highest BCUT2D eigenvalue weighted by Crippen LogP contribution is 2.34. The predicted molar refractivity (Wildman–Crippen MR) is 49.2 cm³/mol. The number of phenols is 1. The summed E-state index contributed by atoms with van der Waals surface area (Å²) in [4.78, 5) is 10.7. The molecule has 0 aliphatic carbocycles. The van der Waals surface area contributed by atoms with E-state index < -0.39 is 5.97 Å². The highest BCUT2D eigenvalue weighted by molar-refractivity contribution is 5.91. The van der Waals surface area contributed by atoms with Gasteiger partial charge in [0, 0.05) is 6.92 Å². The zero-order chi connectivity index (χ0) is 10.1. The molecule has 72 valence electrons. The van der Waals surface area contributed by atoms with Crippen molar-refractivity contribution in [2.24, 2.45) is 0 Å². The van der Waals surface area contributed by atoms with E-state index in [9.17, 15) is 9.90 Å². The second-order valence-corrected chi connectivity index (χ2v) is 2.84. The SMILES string of the molecule is CC(=O)Oc1coc2cccc(O)c12. The lowest BCUT2D eigenvalue weighted by molar-refractivity contribution is -0.131. The van der Waals surface area contributed by atoms with E-state index in [4.69, 9.17) is 9.15 Å². The van der Waals surface area contributed by atoms with Crippen LogP contribution in [0.1, 0.15) is 6.92 Å². The Morgan fingerprint density at radius 2 is 2.29 bits per heavy atom. The van der Waals surface area contributed by atoms with E-state index in [2.05, 4.69) is 0 Å². The van der Waals surface area contributed by atoms with Crippen LogP contribution >= 0.6 is 0 Å². The van der Waals surface area contributed by atoms with Gasteiger partial charge in [0.15, 0.2) is 5.75 Å². The number of phenolic OH excluding ortho intramolecular Hbond substituents is 1. The molecule has 14 heavy (non-hydrogen) atoms. The van der Waals surface area contributed by atoms with Gasteiger partial charge in [0.25, 0.3) is 0 Å². The van der Waals surface area contributed by atoms with Crippen LogP contribution in [0.5, 0.6) is 11.5 Å². The molecule has 1 aromatic heterocycles. The quantitative estimate of drug-likeness (QED) is 0.702. The normalized spacial score (nSPS) is 10.4. The van der Waals surface area contributed by atoms with Gasteiger partial charge in [0.1, 0.15) is 23.0 Å². The van der Waals surface area contributed by atoms with Crippen molar-refractivity contribution in [1.29, 1.82) is 0 Å². The van der Waals surface area contributed by atoms with E-state index in [1.54, 1.807) is 12.1 Å². The summed E-state index contributed by atoms with van der Waals surface area (Å²) in [6.07, 6.45) is 1.30.